The number of halogens is 2. The van der Waals surface area contributed by atoms with Gasteiger partial charge in [0.15, 0.2) is 5.78 Å². The first-order valence-corrected chi connectivity index (χ1v) is 11.1. The van der Waals surface area contributed by atoms with Crippen molar-refractivity contribution in [3.63, 3.8) is 0 Å². The average Bonchev–Trinajstić information content (AvgIpc) is 2.78. The summed E-state index contributed by atoms with van der Waals surface area (Å²) in [6.45, 7) is 4.16. The van der Waals surface area contributed by atoms with Crippen LogP contribution in [-0.4, -0.2) is 24.3 Å². The number of carbonyl (C=O) groups is 2. The minimum Gasteiger partial charge on any atom is -0.497 e. The number of nitrogens with one attached hydrogen (secondary N) is 2. The number of amides is 1. The molecule has 0 bridgehead atoms. The maximum Gasteiger partial charge on any atom is 0.260 e. The highest BCUT2D eigenvalue weighted by molar-refractivity contribution is 6.34. The van der Waals surface area contributed by atoms with Gasteiger partial charge in [0.05, 0.1) is 17.7 Å². The number of ether oxygens (including phenoxy) is 1. The van der Waals surface area contributed by atoms with E-state index >= 15 is 0 Å². The van der Waals surface area contributed by atoms with E-state index in [1.54, 1.807) is 37.5 Å². The van der Waals surface area contributed by atoms with Crippen LogP contribution in [0.3, 0.4) is 0 Å². The van der Waals surface area contributed by atoms with E-state index in [-0.39, 0.29) is 21.9 Å². The molecule has 0 atom stereocenters. The first-order valence-electron chi connectivity index (χ1n) is 10.7. The van der Waals surface area contributed by atoms with Crippen LogP contribution in [0, 0.1) is 5.82 Å². The summed E-state index contributed by atoms with van der Waals surface area (Å²) in [5.74, 6) is -0.843. The predicted molar refractivity (Wildman–Crippen MR) is 132 cm³/mol. The van der Waals surface area contributed by atoms with Crippen LogP contribution in [0.4, 0.5) is 10.1 Å². The second kappa shape index (κ2) is 9.31. The van der Waals surface area contributed by atoms with Gasteiger partial charge in [-0.15, -0.1) is 0 Å². The van der Waals surface area contributed by atoms with Gasteiger partial charge in [-0.05, 0) is 74.4 Å². The number of allylic oxidation sites excluding steroid dienone is 1. The van der Waals surface area contributed by atoms with Crippen molar-refractivity contribution in [3.05, 3.63) is 99.8 Å². The Morgan fingerprint density at radius 1 is 1.12 bits per heavy atom. The van der Waals surface area contributed by atoms with Gasteiger partial charge in [0.2, 0.25) is 0 Å². The Bertz CT molecular complexity index is 1280. The third kappa shape index (κ3) is 4.97. The molecule has 1 amide bonds. The Hall–Kier alpha value is -3.64. The molecular formula is C27H24ClFN2O3. The molecule has 1 aliphatic rings. The zero-order chi connectivity index (χ0) is 24.5. The molecule has 0 radical (unpaired) electrons. The van der Waals surface area contributed by atoms with Crippen molar-refractivity contribution in [2.75, 3.05) is 12.4 Å². The number of rotatable bonds is 5. The molecule has 5 nitrogen and oxygen atoms in total. The molecule has 1 heterocycles. The van der Waals surface area contributed by atoms with Crippen LogP contribution in [0.15, 0.2) is 66.7 Å². The predicted octanol–water partition coefficient (Wildman–Crippen LogP) is 5.89. The second-order valence-corrected chi connectivity index (χ2v) is 9.17. The summed E-state index contributed by atoms with van der Waals surface area (Å²) < 4.78 is 19.3. The van der Waals surface area contributed by atoms with Gasteiger partial charge in [-0.3, -0.25) is 9.59 Å². The van der Waals surface area contributed by atoms with Gasteiger partial charge < -0.3 is 15.4 Å². The van der Waals surface area contributed by atoms with Crippen molar-refractivity contribution < 1.29 is 18.7 Å². The smallest absolute Gasteiger partial charge is 0.260 e. The summed E-state index contributed by atoms with van der Waals surface area (Å²) in [4.78, 5) is 25.5. The van der Waals surface area contributed by atoms with Gasteiger partial charge in [0.1, 0.15) is 11.6 Å². The number of fused-ring (bicyclic) bond motifs is 1. The molecule has 0 unspecified atom stereocenters. The molecule has 34 heavy (non-hydrogen) atoms. The maximum absolute atomic E-state index is 14.0. The van der Waals surface area contributed by atoms with Crippen molar-refractivity contribution >= 4 is 34.7 Å². The normalized spacial score (nSPS) is 15.3. The lowest BCUT2D eigenvalue weighted by molar-refractivity contribution is 0.102. The Labute approximate surface area is 202 Å². The zero-order valence-electron chi connectivity index (χ0n) is 19.0. The standard InChI is InChI=1S/C27H24ClFN2O3/c1-27(2)15-17-9-12-19(34-3)13-20(17)23(31-27)14-24(32)16-7-10-18(11-8-16)30-26(33)25-21(28)5-4-6-22(25)29/h4-14,31H,15H2,1-3H3,(H,30,33). The molecule has 0 fully saturated rings. The van der Waals surface area contributed by atoms with Gasteiger partial charge in [-0.25, -0.2) is 4.39 Å². The van der Waals surface area contributed by atoms with E-state index in [9.17, 15) is 14.0 Å². The number of ketones is 1. The molecule has 7 heteroatoms. The van der Waals surface area contributed by atoms with Crippen LogP contribution in [-0.2, 0) is 6.42 Å². The fourth-order valence-corrected chi connectivity index (χ4v) is 4.24. The number of hydrogen-bond donors (Lipinski definition) is 2. The van der Waals surface area contributed by atoms with Crippen molar-refractivity contribution in [1.82, 2.24) is 5.32 Å². The fourth-order valence-electron chi connectivity index (χ4n) is 3.99. The van der Waals surface area contributed by atoms with Crippen LogP contribution >= 0.6 is 11.6 Å². The number of hydrogen-bond acceptors (Lipinski definition) is 4. The molecule has 3 aromatic rings. The van der Waals surface area contributed by atoms with Gasteiger partial charge in [0.25, 0.3) is 5.91 Å². The van der Waals surface area contributed by atoms with Crippen molar-refractivity contribution in [1.29, 1.82) is 0 Å². The fraction of sp³-hybridized carbons (Fsp3) is 0.185. The Morgan fingerprint density at radius 2 is 1.85 bits per heavy atom. The molecule has 0 saturated carbocycles. The van der Waals surface area contributed by atoms with Crippen molar-refractivity contribution in [2.24, 2.45) is 0 Å². The number of benzene rings is 3. The zero-order valence-corrected chi connectivity index (χ0v) is 19.8. The monoisotopic (exact) mass is 478 g/mol. The van der Waals surface area contributed by atoms with E-state index < -0.39 is 11.7 Å². The summed E-state index contributed by atoms with van der Waals surface area (Å²) in [5, 5.41) is 6.08. The third-order valence-electron chi connectivity index (χ3n) is 5.61. The number of methoxy groups -OCH3 is 1. The van der Waals surface area contributed by atoms with Gasteiger partial charge >= 0.3 is 0 Å². The van der Waals surface area contributed by atoms with Gasteiger partial charge in [-0.1, -0.05) is 23.7 Å². The highest BCUT2D eigenvalue weighted by atomic mass is 35.5. The molecule has 0 spiro atoms. The highest BCUT2D eigenvalue weighted by Gasteiger charge is 2.28. The lowest BCUT2D eigenvalue weighted by Gasteiger charge is -2.35. The minimum atomic E-state index is -0.705. The van der Waals surface area contributed by atoms with Crippen LogP contribution in [0.2, 0.25) is 5.02 Å². The van der Waals surface area contributed by atoms with E-state index in [2.05, 4.69) is 24.5 Å². The quantitative estimate of drug-likeness (QED) is 0.354. The van der Waals surface area contributed by atoms with Gasteiger partial charge in [-0.2, -0.15) is 0 Å². The van der Waals surface area contributed by atoms with Crippen molar-refractivity contribution in [2.45, 2.75) is 25.8 Å². The summed E-state index contributed by atoms with van der Waals surface area (Å²) in [7, 11) is 1.61. The minimum absolute atomic E-state index is 0.0238. The average molecular weight is 479 g/mol. The summed E-state index contributed by atoms with van der Waals surface area (Å²) in [5.41, 5.74) is 3.21. The van der Waals surface area contributed by atoms with Crippen LogP contribution in [0.5, 0.6) is 5.75 Å². The Kier molecular flexibility index (Phi) is 6.44. The maximum atomic E-state index is 14.0. The Morgan fingerprint density at radius 3 is 2.53 bits per heavy atom. The number of anilines is 1. The van der Waals surface area contributed by atoms with Crippen LogP contribution in [0.25, 0.3) is 5.70 Å². The topological polar surface area (TPSA) is 67.4 Å². The molecule has 1 aliphatic heterocycles. The van der Waals surface area contributed by atoms with E-state index in [4.69, 9.17) is 16.3 Å². The first-order chi connectivity index (χ1) is 16.2. The Balaban J connectivity index is 1.56. The summed E-state index contributed by atoms with van der Waals surface area (Å²) in [6, 6.07) is 16.3. The summed E-state index contributed by atoms with van der Waals surface area (Å²) >= 11 is 5.96. The van der Waals surface area contributed by atoms with E-state index in [1.165, 1.54) is 18.2 Å². The third-order valence-corrected chi connectivity index (χ3v) is 5.92. The summed E-state index contributed by atoms with van der Waals surface area (Å²) in [6.07, 6.45) is 2.39. The molecule has 0 aliphatic carbocycles. The molecule has 0 aromatic heterocycles. The van der Waals surface area contributed by atoms with E-state index in [0.717, 1.165) is 23.2 Å². The van der Waals surface area contributed by atoms with E-state index in [0.29, 0.717) is 17.0 Å². The van der Waals surface area contributed by atoms with E-state index in [1.807, 2.05) is 18.2 Å². The molecule has 2 N–H and O–H groups in total. The van der Waals surface area contributed by atoms with Crippen LogP contribution in [0.1, 0.15) is 45.7 Å². The highest BCUT2D eigenvalue weighted by Crippen LogP contribution is 2.32. The number of carbonyl (C=O) groups excluding carboxylic acids is 2. The van der Waals surface area contributed by atoms with Crippen LogP contribution < -0.4 is 15.4 Å². The van der Waals surface area contributed by atoms with Gasteiger partial charge in [0, 0.05) is 34.1 Å². The lowest BCUT2D eigenvalue weighted by Crippen LogP contribution is -2.43. The molecule has 4 rings (SSSR count). The molecule has 174 valence electrons. The second-order valence-electron chi connectivity index (χ2n) is 8.76. The van der Waals surface area contributed by atoms with Crippen molar-refractivity contribution in [3.8, 4) is 5.75 Å². The molecular weight excluding hydrogens is 455 g/mol. The first kappa shape index (κ1) is 23.5. The SMILES string of the molecule is COc1ccc2c(c1)C(=CC(=O)c1ccc(NC(=O)c3c(F)cccc3Cl)cc1)NC(C)(C)C2. The molecule has 3 aromatic carbocycles. The lowest BCUT2D eigenvalue weighted by atomic mass is 9.85. The molecule has 0 saturated heterocycles. The largest absolute Gasteiger partial charge is 0.497 e.